The zero-order valence-corrected chi connectivity index (χ0v) is 11.0. The fourth-order valence-electron chi connectivity index (χ4n) is 0.811. The minimum absolute atomic E-state index is 0.0682. The van der Waals surface area contributed by atoms with Crippen molar-refractivity contribution in [1.29, 1.82) is 0 Å². The van der Waals surface area contributed by atoms with Crippen LogP contribution in [0.3, 0.4) is 0 Å². The quantitative estimate of drug-likeness (QED) is 0.471. The largest absolute Gasteiger partial charge is 0.455 e. The highest BCUT2D eigenvalue weighted by Crippen LogP contribution is 2.50. The molecule has 0 radical (unpaired) electrons. The molecule has 0 saturated heterocycles. The van der Waals surface area contributed by atoms with E-state index in [4.69, 9.17) is 23.2 Å². The van der Waals surface area contributed by atoms with Gasteiger partial charge in [-0.15, -0.1) is 22.9 Å². The van der Waals surface area contributed by atoms with E-state index >= 15 is 0 Å². The van der Waals surface area contributed by atoms with Crippen LogP contribution in [0.1, 0.15) is 10.3 Å². The maximum Gasteiger partial charge on any atom is 0.455 e. The van der Waals surface area contributed by atoms with Crippen LogP contribution in [-0.4, -0.2) is 12.1 Å². The van der Waals surface area contributed by atoms with Crippen molar-refractivity contribution >= 4 is 50.5 Å². The van der Waals surface area contributed by atoms with Crippen molar-refractivity contribution in [2.45, 2.75) is 17.5 Å². The van der Waals surface area contributed by atoms with Crippen LogP contribution in [0.15, 0.2) is 10.5 Å². The lowest BCUT2D eigenvalue weighted by Gasteiger charge is -2.23. The van der Waals surface area contributed by atoms with Crippen molar-refractivity contribution in [3.05, 3.63) is 19.8 Å². The van der Waals surface area contributed by atoms with Crippen molar-refractivity contribution in [2.75, 3.05) is 0 Å². The first-order valence-corrected chi connectivity index (χ1v) is 6.03. The Morgan fingerprint density at radius 1 is 1.25 bits per heavy atom. The van der Waals surface area contributed by atoms with Crippen LogP contribution < -0.4 is 0 Å². The smallest absolute Gasteiger partial charge is 0.194 e. The summed E-state index contributed by atoms with van der Waals surface area (Å²) in [5.41, 5.74) is 0. The molecule has 1 aromatic heterocycles. The van der Waals surface area contributed by atoms with Gasteiger partial charge in [-0.1, -0.05) is 11.6 Å². The molecule has 0 fully saturated rings. The Balaban J connectivity index is 3.07. The zero-order valence-electron chi connectivity index (χ0n) is 7.09. The lowest BCUT2D eigenvalue weighted by atomic mass is 10.2. The molecule has 0 spiro atoms. The third-order valence-electron chi connectivity index (χ3n) is 1.61. The Bertz CT molecular complexity index is 369. The fourth-order valence-corrected chi connectivity index (χ4v) is 2.89. The van der Waals surface area contributed by atoms with Crippen LogP contribution in [-0.2, 0) is 0 Å². The molecule has 1 unspecified atom stereocenters. The highest BCUT2D eigenvalue weighted by Gasteiger charge is 2.62. The first-order valence-electron chi connectivity index (χ1n) is 3.60. The van der Waals surface area contributed by atoms with Crippen molar-refractivity contribution < 1.29 is 22.0 Å². The van der Waals surface area contributed by atoms with E-state index in [9.17, 15) is 22.0 Å². The number of hydrogen-bond donors (Lipinski definition) is 0. The molecule has 1 heterocycles. The van der Waals surface area contributed by atoms with E-state index in [0.717, 1.165) is 6.07 Å². The second-order valence-corrected chi connectivity index (χ2v) is 5.73. The van der Waals surface area contributed by atoms with Gasteiger partial charge in [0.15, 0.2) is 0 Å². The molecule has 0 aliphatic rings. The molecule has 1 rings (SSSR count). The molecular formula is C7H2BrCl2F5S. The van der Waals surface area contributed by atoms with Crippen LogP contribution in [0.25, 0.3) is 0 Å². The minimum Gasteiger partial charge on any atom is -0.194 e. The van der Waals surface area contributed by atoms with Gasteiger partial charge in [0, 0.05) is 9.35 Å². The molecule has 0 bridgehead atoms. The van der Waals surface area contributed by atoms with E-state index < -0.39 is 17.5 Å². The van der Waals surface area contributed by atoms with Gasteiger partial charge in [-0.2, -0.15) is 22.0 Å². The van der Waals surface area contributed by atoms with Crippen LogP contribution in [0.4, 0.5) is 22.0 Å². The van der Waals surface area contributed by atoms with E-state index in [1.54, 1.807) is 0 Å². The van der Waals surface area contributed by atoms with E-state index in [1.165, 1.54) is 0 Å². The Morgan fingerprint density at radius 2 is 1.75 bits per heavy atom. The van der Waals surface area contributed by atoms with Crippen LogP contribution in [0, 0.1) is 0 Å². The van der Waals surface area contributed by atoms with E-state index in [-0.39, 0.29) is 13.7 Å². The van der Waals surface area contributed by atoms with Crippen LogP contribution in [0.2, 0.25) is 4.34 Å². The molecular weight excluding hydrogens is 362 g/mol. The summed E-state index contributed by atoms with van der Waals surface area (Å²) < 4.78 is 62.0. The Labute approximate surface area is 109 Å². The molecule has 0 saturated carbocycles. The normalized spacial score (nSPS) is 15.2. The van der Waals surface area contributed by atoms with Crippen molar-refractivity contribution in [1.82, 2.24) is 0 Å². The molecule has 0 nitrogen and oxygen atoms in total. The Morgan fingerprint density at radius 3 is 2.06 bits per heavy atom. The topological polar surface area (TPSA) is 0 Å². The highest BCUT2D eigenvalue weighted by molar-refractivity contribution is 9.10. The van der Waals surface area contributed by atoms with Crippen LogP contribution >= 0.6 is 50.5 Å². The molecule has 0 aliphatic carbocycles. The number of thiophene rings is 1. The second-order valence-electron chi connectivity index (χ2n) is 2.75. The molecule has 0 amide bonds. The zero-order chi connectivity index (χ0) is 12.7. The van der Waals surface area contributed by atoms with Crippen molar-refractivity contribution in [3.8, 4) is 0 Å². The number of hydrogen-bond acceptors (Lipinski definition) is 1. The predicted octanol–water partition coefficient (Wildman–Crippen LogP) is 5.64. The van der Waals surface area contributed by atoms with Gasteiger partial charge in [0.05, 0.1) is 0 Å². The van der Waals surface area contributed by atoms with Gasteiger partial charge < -0.3 is 0 Å². The summed E-state index contributed by atoms with van der Waals surface area (Å²) in [6.45, 7) is 0. The predicted molar refractivity (Wildman–Crippen MR) is 56.6 cm³/mol. The van der Waals surface area contributed by atoms with Gasteiger partial charge in [0.2, 0.25) is 0 Å². The lowest BCUT2D eigenvalue weighted by Crippen LogP contribution is -2.39. The summed E-state index contributed by atoms with van der Waals surface area (Å²) >= 11 is 14.1. The lowest BCUT2D eigenvalue weighted by molar-refractivity contribution is -0.283. The average molecular weight is 364 g/mol. The van der Waals surface area contributed by atoms with Gasteiger partial charge in [-0.25, -0.2) is 0 Å². The number of rotatable bonds is 2. The van der Waals surface area contributed by atoms with E-state index in [1.807, 2.05) is 0 Å². The SMILES string of the molecule is FC(F)(F)C(F)(F)C(Cl)c1cc(Br)c(Cl)s1. The van der Waals surface area contributed by atoms with E-state index in [0.29, 0.717) is 11.3 Å². The molecule has 0 aromatic carbocycles. The van der Waals surface area contributed by atoms with Gasteiger partial charge >= 0.3 is 12.1 Å². The first kappa shape index (κ1) is 14.5. The standard InChI is InChI=1S/C7H2BrCl2F5S/c8-2-1-3(16-5(2)10)4(9)6(11,12)7(13,14)15/h1,4H. The maximum atomic E-state index is 12.8. The van der Waals surface area contributed by atoms with Crippen molar-refractivity contribution in [2.24, 2.45) is 0 Å². The van der Waals surface area contributed by atoms with Gasteiger partial charge in [0.1, 0.15) is 9.71 Å². The Kier molecular flexibility index (Phi) is 4.15. The van der Waals surface area contributed by atoms with Gasteiger partial charge in [-0.3, -0.25) is 0 Å². The molecule has 0 N–H and O–H groups in total. The summed E-state index contributed by atoms with van der Waals surface area (Å²) in [5.74, 6) is -5.00. The van der Waals surface area contributed by atoms with E-state index in [2.05, 4.69) is 15.9 Å². The Hall–Kier alpha value is 0.410. The van der Waals surface area contributed by atoms with Gasteiger partial charge in [0.25, 0.3) is 0 Å². The fraction of sp³-hybridized carbons (Fsp3) is 0.429. The number of halogens is 8. The molecule has 0 aliphatic heterocycles. The third kappa shape index (κ3) is 2.63. The van der Waals surface area contributed by atoms with Crippen LogP contribution in [0.5, 0.6) is 0 Å². The average Bonchev–Trinajstić information content (AvgIpc) is 2.43. The number of alkyl halides is 6. The third-order valence-corrected chi connectivity index (χ3v) is 4.79. The minimum atomic E-state index is -5.69. The molecule has 16 heavy (non-hydrogen) atoms. The van der Waals surface area contributed by atoms with Crippen molar-refractivity contribution in [3.63, 3.8) is 0 Å². The molecule has 92 valence electrons. The molecule has 1 atom stereocenters. The highest BCUT2D eigenvalue weighted by atomic mass is 79.9. The monoisotopic (exact) mass is 362 g/mol. The first-order chi connectivity index (χ1) is 7.07. The summed E-state index contributed by atoms with van der Waals surface area (Å²) in [4.78, 5) is -0.346. The second kappa shape index (κ2) is 4.59. The molecule has 9 heteroatoms. The summed E-state index contributed by atoms with van der Waals surface area (Å²) in [7, 11) is 0. The summed E-state index contributed by atoms with van der Waals surface area (Å²) in [6.07, 6.45) is -5.69. The summed E-state index contributed by atoms with van der Waals surface area (Å²) in [6, 6.07) is 1.05. The van der Waals surface area contributed by atoms with Gasteiger partial charge in [-0.05, 0) is 22.0 Å². The summed E-state index contributed by atoms with van der Waals surface area (Å²) in [5, 5.41) is -2.48. The molecule has 1 aromatic rings. The maximum absolute atomic E-state index is 12.8.